The molecule has 0 radical (unpaired) electrons. The van der Waals surface area contributed by atoms with Crippen molar-refractivity contribution in [3.05, 3.63) is 51.0 Å². The van der Waals surface area contributed by atoms with Gasteiger partial charge >= 0.3 is 6.18 Å². The van der Waals surface area contributed by atoms with E-state index in [0.717, 1.165) is 37.5 Å². The van der Waals surface area contributed by atoms with Crippen molar-refractivity contribution in [3.63, 3.8) is 0 Å². The summed E-state index contributed by atoms with van der Waals surface area (Å²) in [4.78, 5) is 16.4. The van der Waals surface area contributed by atoms with Crippen molar-refractivity contribution in [2.24, 2.45) is 5.92 Å². The SMILES string of the molecule is O=c1cc(-c2ncc(C(F)(F)F)cc2Cl)cc2n1C[C@@H]1CNC[C@H]2C1. The highest BCUT2D eigenvalue weighted by Crippen LogP contribution is 2.36. The van der Waals surface area contributed by atoms with Crippen molar-refractivity contribution in [2.45, 2.75) is 25.1 Å². The molecule has 4 nitrogen and oxygen atoms in total. The lowest BCUT2D eigenvalue weighted by Gasteiger charge is -2.37. The molecule has 0 amide bonds. The molecule has 2 aromatic heterocycles. The van der Waals surface area contributed by atoms with E-state index in [2.05, 4.69) is 10.3 Å². The summed E-state index contributed by atoms with van der Waals surface area (Å²) >= 11 is 6.03. The highest BCUT2D eigenvalue weighted by molar-refractivity contribution is 6.33. The molecule has 0 unspecified atom stereocenters. The number of piperidine rings is 1. The third-order valence-corrected chi connectivity index (χ3v) is 5.19. The summed E-state index contributed by atoms with van der Waals surface area (Å²) < 4.78 is 40.1. The van der Waals surface area contributed by atoms with Crippen LogP contribution >= 0.6 is 11.6 Å². The average molecular weight is 370 g/mol. The molecular formula is C17H15ClF3N3O. The molecule has 0 spiro atoms. The van der Waals surface area contributed by atoms with Crippen molar-refractivity contribution in [2.75, 3.05) is 13.1 Å². The Bertz CT molecular complexity index is 894. The lowest BCUT2D eigenvalue weighted by atomic mass is 9.83. The van der Waals surface area contributed by atoms with Gasteiger partial charge in [-0.2, -0.15) is 13.2 Å². The molecule has 2 bridgehead atoms. The minimum Gasteiger partial charge on any atom is -0.316 e. The number of fused-ring (bicyclic) bond motifs is 4. The van der Waals surface area contributed by atoms with Crippen LogP contribution in [0.1, 0.15) is 23.6 Å². The van der Waals surface area contributed by atoms with Crippen LogP contribution in [0.25, 0.3) is 11.3 Å². The van der Waals surface area contributed by atoms with Gasteiger partial charge in [-0.05, 0) is 31.0 Å². The zero-order chi connectivity index (χ0) is 17.8. The van der Waals surface area contributed by atoms with Gasteiger partial charge in [-0.15, -0.1) is 0 Å². The molecule has 0 aromatic carbocycles. The van der Waals surface area contributed by atoms with Crippen LogP contribution in [0.15, 0.2) is 29.2 Å². The van der Waals surface area contributed by atoms with Crippen molar-refractivity contribution < 1.29 is 13.2 Å². The van der Waals surface area contributed by atoms with Crippen LogP contribution in [-0.4, -0.2) is 22.6 Å². The third-order valence-electron chi connectivity index (χ3n) is 4.90. The van der Waals surface area contributed by atoms with Crippen molar-refractivity contribution in [1.29, 1.82) is 0 Å². The third kappa shape index (κ3) is 2.95. The summed E-state index contributed by atoms with van der Waals surface area (Å²) in [5.74, 6) is 0.649. The number of hydrogen-bond donors (Lipinski definition) is 1. The van der Waals surface area contributed by atoms with Gasteiger partial charge in [0.2, 0.25) is 0 Å². The largest absolute Gasteiger partial charge is 0.417 e. The molecule has 2 aliphatic heterocycles. The average Bonchev–Trinajstić information content (AvgIpc) is 2.55. The summed E-state index contributed by atoms with van der Waals surface area (Å²) in [6.07, 6.45) is -2.76. The van der Waals surface area contributed by atoms with Crippen LogP contribution in [0.5, 0.6) is 0 Å². The quantitative estimate of drug-likeness (QED) is 0.839. The van der Waals surface area contributed by atoms with Gasteiger partial charge in [-0.3, -0.25) is 9.78 Å². The first kappa shape index (κ1) is 16.6. The zero-order valence-corrected chi connectivity index (χ0v) is 13.9. The van der Waals surface area contributed by atoms with E-state index in [1.807, 2.05) is 6.07 Å². The van der Waals surface area contributed by atoms with Gasteiger partial charge in [0.05, 0.1) is 16.3 Å². The predicted molar refractivity (Wildman–Crippen MR) is 87.7 cm³/mol. The van der Waals surface area contributed by atoms with Gasteiger partial charge in [0.15, 0.2) is 0 Å². The highest BCUT2D eigenvalue weighted by Gasteiger charge is 2.33. The molecular weight excluding hydrogens is 355 g/mol. The van der Waals surface area contributed by atoms with Gasteiger partial charge in [0, 0.05) is 42.5 Å². The van der Waals surface area contributed by atoms with E-state index in [0.29, 0.717) is 18.0 Å². The van der Waals surface area contributed by atoms with E-state index in [4.69, 9.17) is 11.6 Å². The molecule has 2 atom stereocenters. The van der Waals surface area contributed by atoms with Crippen LogP contribution in [0.2, 0.25) is 5.02 Å². The smallest absolute Gasteiger partial charge is 0.316 e. The van der Waals surface area contributed by atoms with E-state index in [9.17, 15) is 18.0 Å². The maximum Gasteiger partial charge on any atom is 0.417 e. The predicted octanol–water partition coefficient (Wildman–Crippen LogP) is 3.29. The minimum absolute atomic E-state index is 0.116. The summed E-state index contributed by atoms with van der Waals surface area (Å²) in [7, 11) is 0. The molecule has 132 valence electrons. The lowest BCUT2D eigenvalue weighted by Crippen LogP contribution is -2.44. The second-order valence-corrected chi connectivity index (χ2v) is 7.03. The molecule has 1 saturated heterocycles. The summed E-state index contributed by atoms with van der Waals surface area (Å²) in [6, 6.07) is 4.08. The molecule has 1 N–H and O–H groups in total. The van der Waals surface area contributed by atoms with Gasteiger partial charge in [0.25, 0.3) is 5.56 Å². The Hall–Kier alpha value is -1.86. The lowest BCUT2D eigenvalue weighted by molar-refractivity contribution is -0.137. The normalized spacial score (nSPS) is 22.6. The first-order valence-electron chi connectivity index (χ1n) is 8.01. The van der Waals surface area contributed by atoms with Crippen LogP contribution in [0, 0.1) is 5.92 Å². The summed E-state index contributed by atoms with van der Waals surface area (Å²) in [6.45, 7) is 2.34. The molecule has 2 aromatic rings. The van der Waals surface area contributed by atoms with Gasteiger partial charge in [-0.25, -0.2) is 0 Å². The molecule has 0 saturated carbocycles. The molecule has 0 aliphatic carbocycles. The number of halogens is 4. The van der Waals surface area contributed by atoms with Crippen LogP contribution in [0.4, 0.5) is 13.2 Å². The fourth-order valence-electron chi connectivity index (χ4n) is 3.75. The minimum atomic E-state index is -4.51. The summed E-state index contributed by atoms with van der Waals surface area (Å²) in [5, 5.41) is 3.24. The topological polar surface area (TPSA) is 46.9 Å². The number of nitrogens with one attached hydrogen (secondary N) is 1. The monoisotopic (exact) mass is 369 g/mol. The first-order chi connectivity index (χ1) is 11.8. The van der Waals surface area contributed by atoms with Crippen molar-refractivity contribution in [3.8, 4) is 11.3 Å². The first-order valence-corrected chi connectivity index (χ1v) is 8.39. The number of alkyl halides is 3. The summed E-state index contributed by atoms with van der Waals surface area (Å²) in [5.41, 5.74) is 0.473. The van der Waals surface area contributed by atoms with Crippen LogP contribution < -0.4 is 10.9 Å². The highest BCUT2D eigenvalue weighted by atomic mass is 35.5. The number of hydrogen-bond acceptors (Lipinski definition) is 3. The second-order valence-electron chi connectivity index (χ2n) is 6.63. The molecule has 2 aliphatic rings. The zero-order valence-electron chi connectivity index (χ0n) is 13.1. The molecule has 1 fully saturated rings. The Kier molecular flexibility index (Phi) is 3.88. The van der Waals surface area contributed by atoms with Gasteiger partial charge < -0.3 is 9.88 Å². The second kappa shape index (κ2) is 5.85. The van der Waals surface area contributed by atoms with Gasteiger partial charge in [-0.1, -0.05) is 11.6 Å². The Balaban J connectivity index is 1.80. The Morgan fingerprint density at radius 3 is 2.76 bits per heavy atom. The maximum atomic E-state index is 12.8. The van der Waals surface area contributed by atoms with Gasteiger partial charge in [0.1, 0.15) is 0 Å². The van der Waals surface area contributed by atoms with E-state index in [-0.39, 0.29) is 22.2 Å². The van der Waals surface area contributed by atoms with E-state index < -0.39 is 11.7 Å². The number of pyridine rings is 2. The van der Waals surface area contributed by atoms with Crippen LogP contribution in [0.3, 0.4) is 0 Å². The fraction of sp³-hybridized carbons (Fsp3) is 0.412. The fourth-order valence-corrected chi connectivity index (χ4v) is 4.02. The maximum absolute atomic E-state index is 12.8. The number of nitrogens with zero attached hydrogens (tertiary/aromatic N) is 2. The standard InChI is InChI=1S/C17H15ClF3N3O/c18-13-4-12(17(19,20)21)7-23-16(13)10-2-14-11-1-9(5-22-6-11)8-24(14)15(25)3-10/h2-4,7,9,11,22H,1,5-6,8H2/t9-,11+/m0/s1. The molecule has 4 heterocycles. The van der Waals surface area contributed by atoms with E-state index >= 15 is 0 Å². The Morgan fingerprint density at radius 1 is 1.24 bits per heavy atom. The van der Waals surface area contributed by atoms with E-state index in [1.165, 1.54) is 6.07 Å². The molecule has 25 heavy (non-hydrogen) atoms. The number of rotatable bonds is 1. The number of aromatic nitrogens is 2. The molecule has 8 heteroatoms. The van der Waals surface area contributed by atoms with Crippen molar-refractivity contribution in [1.82, 2.24) is 14.9 Å². The Morgan fingerprint density at radius 2 is 2.04 bits per heavy atom. The molecule has 4 rings (SSSR count). The van der Waals surface area contributed by atoms with Crippen molar-refractivity contribution >= 4 is 11.6 Å². The van der Waals surface area contributed by atoms with E-state index in [1.54, 1.807) is 4.57 Å². The Labute approximate surface area is 146 Å². The van der Waals surface area contributed by atoms with Crippen LogP contribution in [-0.2, 0) is 12.7 Å².